The maximum Gasteiger partial charge on any atom is 0.134 e. The van der Waals surface area contributed by atoms with Crippen LogP contribution in [0, 0.1) is 0 Å². The molecule has 0 aliphatic heterocycles. The first-order valence-electron chi connectivity index (χ1n) is 5.35. The van der Waals surface area contributed by atoms with Crippen molar-refractivity contribution in [1.29, 1.82) is 0 Å². The molecule has 0 saturated heterocycles. The monoisotopic (exact) mass is 220 g/mol. The Morgan fingerprint density at radius 3 is 2.81 bits per heavy atom. The summed E-state index contributed by atoms with van der Waals surface area (Å²) in [5.41, 5.74) is 0.974. The van der Waals surface area contributed by atoms with Crippen LogP contribution in [0.15, 0.2) is 24.7 Å². The van der Waals surface area contributed by atoms with Crippen LogP contribution in [0.1, 0.15) is 31.4 Å². The van der Waals surface area contributed by atoms with Crippen molar-refractivity contribution in [1.82, 2.24) is 19.3 Å². The van der Waals surface area contributed by atoms with E-state index in [1.165, 1.54) is 0 Å². The summed E-state index contributed by atoms with van der Waals surface area (Å²) in [5.74, 6) is 0.666. The molecular formula is C11H16N4O. The first kappa shape index (κ1) is 10.9. The lowest BCUT2D eigenvalue weighted by Gasteiger charge is -2.05. The molecule has 1 N–H and O–H groups in total. The van der Waals surface area contributed by atoms with Crippen LogP contribution in [0.3, 0.4) is 0 Å². The van der Waals surface area contributed by atoms with Gasteiger partial charge in [0.25, 0.3) is 0 Å². The number of imidazole rings is 1. The molecule has 0 bridgehead atoms. The second-order valence-corrected chi connectivity index (χ2v) is 4.01. The maximum absolute atomic E-state index is 9.07. The fraction of sp³-hybridized carbons (Fsp3) is 0.455. The van der Waals surface area contributed by atoms with E-state index in [4.69, 9.17) is 5.11 Å². The van der Waals surface area contributed by atoms with Gasteiger partial charge >= 0.3 is 0 Å². The average Bonchev–Trinajstić information content (AvgIpc) is 2.87. The molecule has 0 aromatic carbocycles. The zero-order valence-electron chi connectivity index (χ0n) is 9.54. The lowest BCUT2D eigenvalue weighted by molar-refractivity contribution is 0.266. The van der Waals surface area contributed by atoms with Gasteiger partial charge in [0, 0.05) is 24.6 Å². The Labute approximate surface area is 94.4 Å². The third-order valence-corrected chi connectivity index (χ3v) is 2.47. The number of hydrogen-bond acceptors (Lipinski definition) is 3. The highest BCUT2D eigenvalue weighted by Gasteiger charge is 2.05. The van der Waals surface area contributed by atoms with Gasteiger partial charge in [-0.1, -0.05) is 0 Å². The van der Waals surface area contributed by atoms with Gasteiger partial charge in [0.1, 0.15) is 12.4 Å². The van der Waals surface area contributed by atoms with Gasteiger partial charge in [-0.15, -0.1) is 0 Å². The van der Waals surface area contributed by atoms with Crippen LogP contribution >= 0.6 is 0 Å². The average molecular weight is 220 g/mol. The Morgan fingerprint density at radius 2 is 2.19 bits per heavy atom. The fourth-order valence-corrected chi connectivity index (χ4v) is 1.56. The first-order chi connectivity index (χ1) is 7.70. The summed E-state index contributed by atoms with van der Waals surface area (Å²) in [6.45, 7) is 4.79. The lowest BCUT2D eigenvalue weighted by Crippen LogP contribution is -2.06. The molecule has 0 saturated carbocycles. The molecule has 16 heavy (non-hydrogen) atoms. The van der Waals surface area contributed by atoms with E-state index in [-0.39, 0.29) is 6.61 Å². The summed E-state index contributed by atoms with van der Waals surface area (Å²) in [7, 11) is 0. The molecule has 0 unspecified atom stereocenters. The van der Waals surface area contributed by atoms with Crippen molar-refractivity contribution in [3.8, 4) is 0 Å². The molecule has 0 fully saturated rings. The van der Waals surface area contributed by atoms with E-state index in [1.54, 1.807) is 6.20 Å². The van der Waals surface area contributed by atoms with Crippen LogP contribution in [0.2, 0.25) is 0 Å². The minimum absolute atomic E-state index is 0.0438. The molecule has 0 atom stereocenters. The van der Waals surface area contributed by atoms with Gasteiger partial charge in [-0.3, -0.25) is 4.68 Å². The Bertz CT molecular complexity index is 458. The Kier molecular flexibility index (Phi) is 3.05. The molecule has 5 nitrogen and oxygen atoms in total. The largest absolute Gasteiger partial charge is 0.388 e. The molecule has 0 radical (unpaired) electrons. The Hall–Kier alpha value is -1.62. The van der Waals surface area contributed by atoms with Crippen LogP contribution in [0.5, 0.6) is 0 Å². The molecule has 2 aromatic heterocycles. The van der Waals surface area contributed by atoms with Gasteiger partial charge in [-0.25, -0.2) is 4.98 Å². The topological polar surface area (TPSA) is 55.9 Å². The van der Waals surface area contributed by atoms with Gasteiger partial charge in [-0.05, 0) is 19.9 Å². The van der Waals surface area contributed by atoms with Crippen molar-refractivity contribution in [3.05, 3.63) is 36.2 Å². The number of aromatic nitrogens is 4. The summed E-state index contributed by atoms with van der Waals surface area (Å²) >= 11 is 0. The molecular weight excluding hydrogens is 204 g/mol. The van der Waals surface area contributed by atoms with Gasteiger partial charge in [0.15, 0.2) is 0 Å². The maximum atomic E-state index is 9.07. The number of nitrogens with zero attached hydrogens (tertiary/aromatic N) is 4. The highest BCUT2D eigenvalue weighted by molar-refractivity contribution is 5.03. The second-order valence-electron chi connectivity index (χ2n) is 4.01. The summed E-state index contributed by atoms with van der Waals surface area (Å²) in [5, 5.41) is 13.5. The predicted octanol–water partition coefficient (Wildman–Crippen LogP) is 1.20. The number of aliphatic hydroxyl groups excluding tert-OH is 1. The summed E-state index contributed by atoms with van der Waals surface area (Å²) in [6, 6.07) is 2.36. The van der Waals surface area contributed by atoms with Gasteiger partial charge in [0.05, 0.1) is 12.2 Å². The van der Waals surface area contributed by atoms with Crippen molar-refractivity contribution >= 4 is 0 Å². The normalized spacial score (nSPS) is 11.2. The zero-order valence-corrected chi connectivity index (χ0v) is 9.54. The second kappa shape index (κ2) is 4.49. The van der Waals surface area contributed by atoms with Crippen molar-refractivity contribution in [2.24, 2.45) is 0 Å². The summed E-state index contributed by atoms with van der Waals surface area (Å²) in [6.07, 6.45) is 5.50. The van der Waals surface area contributed by atoms with Gasteiger partial charge in [-0.2, -0.15) is 5.10 Å². The van der Waals surface area contributed by atoms with Crippen molar-refractivity contribution in [2.75, 3.05) is 0 Å². The van der Waals surface area contributed by atoms with Gasteiger partial charge in [0.2, 0.25) is 0 Å². The molecule has 0 amide bonds. The van der Waals surface area contributed by atoms with Crippen molar-refractivity contribution in [2.45, 2.75) is 33.0 Å². The van der Waals surface area contributed by atoms with Crippen LogP contribution in [0.25, 0.3) is 0 Å². The Morgan fingerprint density at radius 1 is 1.38 bits per heavy atom. The van der Waals surface area contributed by atoms with Crippen LogP contribution in [-0.4, -0.2) is 24.4 Å². The third-order valence-electron chi connectivity index (χ3n) is 2.47. The summed E-state index contributed by atoms with van der Waals surface area (Å²) in [4.78, 5) is 4.05. The highest BCUT2D eigenvalue weighted by Crippen LogP contribution is 2.07. The van der Waals surface area contributed by atoms with Crippen LogP contribution in [-0.2, 0) is 13.2 Å². The number of hydrogen-bond donors (Lipinski definition) is 1. The first-order valence-corrected chi connectivity index (χ1v) is 5.35. The smallest absolute Gasteiger partial charge is 0.134 e. The number of aliphatic hydroxyl groups is 1. The van der Waals surface area contributed by atoms with Crippen LogP contribution in [0.4, 0.5) is 0 Å². The number of rotatable bonds is 4. The third kappa shape index (κ3) is 2.14. The molecule has 0 aliphatic carbocycles. The minimum atomic E-state index is -0.0438. The van der Waals surface area contributed by atoms with E-state index in [0.29, 0.717) is 18.4 Å². The lowest BCUT2D eigenvalue weighted by atomic mass is 10.4. The van der Waals surface area contributed by atoms with E-state index in [0.717, 1.165) is 5.69 Å². The van der Waals surface area contributed by atoms with E-state index in [1.807, 2.05) is 27.7 Å². The minimum Gasteiger partial charge on any atom is -0.388 e. The van der Waals surface area contributed by atoms with E-state index in [9.17, 15) is 0 Å². The highest BCUT2D eigenvalue weighted by atomic mass is 16.3. The molecule has 5 heteroatoms. The predicted molar refractivity (Wildman–Crippen MR) is 59.9 cm³/mol. The van der Waals surface area contributed by atoms with Crippen molar-refractivity contribution < 1.29 is 5.11 Å². The van der Waals surface area contributed by atoms with E-state index in [2.05, 4.69) is 23.9 Å². The molecule has 2 heterocycles. The summed E-state index contributed by atoms with van der Waals surface area (Å²) < 4.78 is 3.82. The zero-order chi connectivity index (χ0) is 11.5. The SMILES string of the molecule is CC(C)n1ccc(Cn2ccnc2CO)n1. The quantitative estimate of drug-likeness (QED) is 0.842. The fourth-order valence-electron chi connectivity index (χ4n) is 1.56. The molecule has 86 valence electrons. The molecule has 0 aliphatic rings. The van der Waals surface area contributed by atoms with E-state index < -0.39 is 0 Å². The van der Waals surface area contributed by atoms with Crippen molar-refractivity contribution in [3.63, 3.8) is 0 Å². The van der Waals surface area contributed by atoms with E-state index >= 15 is 0 Å². The standard InChI is InChI=1S/C11H16N4O/c1-9(2)15-5-3-10(13-15)7-14-6-4-12-11(14)8-16/h3-6,9,16H,7-8H2,1-2H3. The molecule has 0 spiro atoms. The molecule has 2 rings (SSSR count). The molecule has 2 aromatic rings. The van der Waals surface area contributed by atoms with Crippen LogP contribution < -0.4 is 0 Å². The van der Waals surface area contributed by atoms with Gasteiger partial charge < -0.3 is 9.67 Å². The Balaban J connectivity index is 2.14.